The Morgan fingerprint density at radius 2 is 1.74 bits per heavy atom. The van der Waals surface area contributed by atoms with Gasteiger partial charge in [-0.25, -0.2) is 0 Å². The van der Waals surface area contributed by atoms with Crippen molar-refractivity contribution >= 4 is 17.3 Å². The summed E-state index contributed by atoms with van der Waals surface area (Å²) in [5.41, 5.74) is 23.5. The van der Waals surface area contributed by atoms with Crippen molar-refractivity contribution in [1.82, 2.24) is 5.32 Å². The summed E-state index contributed by atoms with van der Waals surface area (Å²) in [6.07, 6.45) is 0. The molecule has 0 aliphatic rings. The summed E-state index contributed by atoms with van der Waals surface area (Å²) in [7, 11) is 1.50. The second-order valence-corrected chi connectivity index (χ2v) is 5.49. The molecule has 0 saturated heterocycles. The van der Waals surface area contributed by atoms with Crippen LogP contribution in [-0.4, -0.2) is 13.0 Å². The maximum absolute atomic E-state index is 11.7. The van der Waals surface area contributed by atoms with Gasteiger partial charge in [-0.15, -0.1) is 0 Å². The predicted molar refractivity (Wildman–Crippen MR) is 95.1 cm³/mol. The molecule has 0 unspecified atom stereocenters. The van der Waals surface area contributed by atoms with E-state index in [9.17, 15) is 4.79 Å². The number of carbonyl (C=O) groups is 1. The van der Waals surface area contributed by atoms with E-state index in [0.717, 1.165) is 22.3 Å². The van der Waals surface area contributed by atoms with Gasteiger partial charge < -0.3 is 22.5 Å². The number of carbonyl (C=O) groups excluding carboxylic acids is 1. The molecule has 120 valence electrons. The molecule has 7 N–H and O–H groups in total. The van der Waals surface area contributed by atoms with Gasteiger partial charge >= 0.3 is 0 Å². The summed E-state index contributed by atoms with van der Waals surface area (Å²) in [4.78, 5) is 11.7. The number of hydrogen-bond acceptors (Lipinski definition) is 4. The molecule has 0 spiro atoms. The highest BCUT2D eigenvalue weighted by atomic mass is 16.1. The van der Waals surface area contributed by atoms with Gasteiger partial charge in [0.15, 0.2) is 0 Å². The van der Waals surface area contributed by atoms with E-state index in [2.05, 4.69) is 23.5 Å². The Labute approximate surface area is 136 Å². The molecule has 0 aliphatic heterocycles. The van der Waals surface area contributed by atoms with Crippen LogP contribution in [0.3, 0.4) is 0 Å². The van der Waals surface area contributed by atoms with Crippen molar-refractivity contribution in [2.45, 2.75) is 13.8 Å². The van der Waals surface area contributed by atoms with E-state index in [-0.39, 0.29) is 11.4 Å². The Morgan fingerprint density at radius 3 is 2.39 bits per heavy atom. The molecule has 5 nitrogen and oxygen atoms in total. The lowest BCUT2D eigenvalue weighted by Crippen LogP contribution is -2.27. The van der Waals surface area contributed by atoms with Crippen LogP contribution in [0.1, 0.15) is 16.7 Å². The molecule has 0 aliphatic carbocycles. The van der Waals surface area contributed by atoms with E-state index in [4.69, 9.17) is 17.2 Å². The lowest BCUT2D eigenvalue weighted by molar-refractivity contribution is -0.117. The SMILES string of the molecule is CNC(=O)/C(N)=C(\N)c1cccc(-c2cc(C)ccc2C)c1N. The normalized spacial score (nSPS) is 11.8. The molecule has 1 amide bonds. The predicted octanol–water partition coefficient (Wildman–Crippen LogP) is 1.88. The maximum Gasteiger partial charge on any atom is 0.269 e. The molecule has 2 aromatic carbocycles. The zero-order chi connectivity index (χ0) is 17.1. The zero-order valence-corrected chi connectivity index (χ0v) is 13.6. The number of anilines is 1. The van der Waals surface area contributed by atoms with Crippen LogP contribution in [0.15, 0.2) is 42.1 Å². The Hall–Kier alpha value is -2.95. The Morgan fingerprint density at radius 1 is 1.04 bits per heavy atom. The molecule has 23 heavy (non-hydrogen) atoms. The summed E-state index contributed by atoms with van der Waals surface area (Å²) >= 11 is 0. The summed E-state index contributed by atoms with van der Waals surface area (Å²) in [6.45, 7) is 4.06. The summed E-state index contributed by atoms with van der Waals surface area (Å²) in [5.74, 6) is -0.431. The quantitative estimate of drug-likeness (QED) is 0.513. The third-order valence-electron chi connectivity index (χ3n) is 3.84. The number of hydrogen-bond donors (Lipinski definition) is 4. The fraction of sp³-hybridized carbons (Fsp3) is 0.167. The number of likely N-dealkylation sites (N-methyl/N-ethyl adjacent to an activating group) is 1. The zero-order valence-electron chi connectivity index (χ0n) is 13.6. The monoisotopic (exact) mass is 310 g/mol. The van der Waals surface area contributed by atoms with E-state index in [1.165, 1.54) is 7.05 Å². The van der Waals surface area contributed by atoms with Crippen molar-refractivity contribution in [2.24, 2.45) is 11.5 Å². The van der Waals surface area contributed by atoms with Crippen molar-refractivity contribution in [3.63, 3.8) is 0 Å². The molecule has 0 saturated carbocycles. The van der Waals surface area contributed by atoms with Crippen molar-refractivity contribution in [1.29, 1.82) is 0 Å². The summed E-state index contributed by atoms with van der Waals surface area (Å²) in [6, 6.07) is 11.7. The van der Waals surface area contributed by atoms with E-state index >= 15 is 0 Å². The first kappa shape index (κ1) is 16.4. The molecule has 0 radical (unpaired) electrons. The molecule has 0 heterocycles. The third-order valence-corrected chi connectivity index (χ3v) is 3.84. The fourth-order valence-electron chi connectivity index (χ4n) is 2.46. The van der Waals surface area contributed by atoms with E-state index in [0.29, 0.717) is 11.3 Å². The molecule has 0 aromatic heterocycles. The Kier molecular flexibility index (Phi) is 4.60. The lowest BCUT2D eigenvalue weighted by atomic mass is 9.94. The molecule has 2 aromatic rings. The minimum Gasteiger partial charge on any atom is -0.398 e. The molecule has 0 fully saturated rings. The summed E-state index contributed by atoms with van der Waals surface area (Å²) in [5, 5.41) is 2.46. The highest BCUT2D eigenvalue weighted by molar-refractivity contribution is 6.01. The van der Waals surface area contributed by atoms with Gasteiger partial charge in [0, 0.05) is 23.9 Å². The summed E-state index contributed by atoms with van der Waals surface area (Å²) < 4.78 is 0. The number of para-hydroxylation sites is 1. The molecule has 5 heteroatoms. The highest BCUT2D eigenvalue weighted by Gasteiger charge is 2.15. The molecule has 0 atom stereocenters. The van der Waals surface area contributed by atoms with Crippen LogP contribution in [0.5, 0.6) is 0 Å². The van der Waals surface area contributed by atoms with E-state index in [1.54, 1.807) is 6.07 Å². The average Bonchev–Trinajstić information content (AvgIpc) is 2.55. The standard InChI is InChI=1S/C18H22N4O/c1-10-7-8-11(2)14(9-10)12-5-4-6-13(15(12)19)16(20)17(21)18(23)22-3/h4-9H,19-21H2,1-3H3,(H,22,23)/b17-16+. The van der Waals surface area contributed by atoms with Crippen LogP contribution in [0.2, 0.25) is 0 Å². The van der Waals surface area contributed by atoms with Crippen LogP contribution in [0, 0.1) is 13.8 Å². The van der Waals surface area contributed by atoms with Crippen LogP contribution >= 0.6 is 0 Å². The van der Waals surface area contributed by atoms with Crippen molar-refractivity contribution in [3.05, 3.63) is 58.8 Å². The number of rotatable bonds is 3. The number of aryl methyl sites for hydroxylation is 2. The number of benzene rings is 2. The van der Waals surface area contributed by atoms with E-state index in [1.807, 2.05) is 26.0 Å². The number of nitrogen functional groups attached to an aromatic ring is 1. The maximum atomic E-state index is 11.7. The van der Waals surface area contributed by atoms with Crippen molar-refractivity contribution < 1.29 is 4.79 Å². The number of nitrogens with one attached hydrogen (secondary N) is 1. The first-order valence-corrected chi connectivity index (χ1v) is 7.30. The van der Waals surface area contributed by atoms with Gasteiger partial charge in [0.25, 0.3) is 5.91 Å². The van der Waals surface area contributed by atoms with Crippen LogP contribution in [0.4, 0.5) is 5.69 Å². The fourth-order valence-corrected chi connectivity index (χ4v) is 2.46. The largest absolute Gasteiger partial charge is 0.398 e. The van der Waals surface area contributed by atoms with Gasteiger partial charge in [0.1, 0.15) is 5.70 Å². The number of nitrogens with two attached hydrogens (primary N) is 3. The molecule has 2 rings (SSSR count). The van der Waals surface area contributed by atoms with Gasteiger partial charge in [-0.1, -0.05) is 42.0 Å². The molecular formula is C18H22N4O. The minimum absolute atomic E-state index is 0.0442. The van der Waals surface area contributed by atoms with Crippen LogP contribution in [0.25, 0.3) is 16.8 Å². The van der Waals surface area contributed by atoms with Crippen LogP contribution in [-0.2, 0) is 4.79 Å². The first-order chi connectivity index (χ1) is 10.9. The van der Waals surface area contributed by atoms with Gasteiger partial charge in [-0.2, -0.15) is 0 Å². The lowest BCUT2D eigenvalue weighted by Gasteiger charge is -2.15. The topological polar surface area (TPSA) is 107 Å². The van der Waals surface area contributed by atoms with Crippen molar-refractivity contribution in [3.8, 4) is 11.1 Å². The smallest absolute Gasteiger partial charge is 0.269 e. The first-order valence-electron chi connectivity index (χ1n) is 7.30. The third kappa shape index (κ3) is 3.13. The highest BCUT2D eigenvalue weighted by Crippen LogP contribution is 2.33. The van der Waals surface area contributed by atoms with Gasteiger partial charge in [0.2, 0.25) is 0 Å². The van der Waals surface area contributed by atoms with Gasteiger partial charge in [-0.05, 0) is 25.0 Å². The Bertz CT molecular complexity index is 794. The number of amides is 1. The Balaban J connectivity index is 2.64. The van der Waals surface area contributed by atoms with Crippen LogP contribution < -0.4 is 22.5 Å². The van der Waals surface area contributed by atoms with E-state index < -0.39 is 5.91 Å². The molecule has 0 bridgehead atoms. The molecular weight excluding hydrogens is 288 g/mol. The van der Waals surface area contributed by atoms with Gasteiger partial charge in [-0.3, -0.25) is 4.79 Å². The van der Waals surface area contributed by atoms with Gasteiger partial charge in [0.05, 0.1) is 5.70 Å². The second kappa shape index (κ2) is 6.44. The minimum atomic E-state index is -0.431. The average molecular weight is 310 g/mol. The second-order valence-electron chi connectivity index (χ2n) is 5.49. The van der Waals surface area contributed by atoms with Crippen molar-refractivity contribution in [2.75, 3.05) is 12.8 Å².